The molecule has 0 aliphatic heterocycles. The van der Waals surface area contributed by atoms with Gasteiger partial charge in [-0.15, -0.1) is 0 Å². The summed E-state index contributed by atoms with van der Waals surface area (Å²) in [6, 6.07) is 3.82. The number of rotatable bonds is 6. The van der Waals surface area contributed by atoms with E-state index in [1.165, 1.54) is 5.57 Å². The van der Waals surface area contributed by atoms with E-state index in [0.717, 1.165) is 12.0 Å². The van der Waals surface area contributed by atoms with Crippen molar-refractivity contribution in [3.8, 4) is 5.88 Å². The standard InChI is InChI=1S/C18H26N2O2/c1-12(2)10-14-16(18(14,3)4)17(21)19-9-8-13-6-7-15(22-5)20-11-13/h6-7,10-11,14,16H,8-9H2,1-5H3,(H,19,21). The van der Waals surface area contributed by atoms with Crippen molar-refractivity contribution in [2.24, 2.45) is 17.3 Å². The van der Waals surface area contributed by atoms with Crippen LogP contribution in [0.1, 0.15) is 33.3 Å². The summed E-state index contributed by atoms with van der Waals surface area (Å²) in [5, 5.41) is 3.05. The molecule has 2 atom stereocenters. The van der Waals surface area contributed by atoms with Crippen molar-refractivity contribution in [3.63, 3.8) is 0 Å². The van der Waals surface area contributed by atoms with Gasteiger partial charge >= 0.3 is 0 Å². The van der Waals surface area contributed by atoms with Crippen LogP contribution in [0.4, 0.5) is 0 Å². The van der Waals surface area contributed by atoms with Gasteiger partial charge in [-0.3, -0.25) is 4.79 Å². The predicted molar refractivity (Wildman–Crippen MR) is 87.7 cm³/mol. The first kappa shape index (κ1) is 16.5. The molecule has 1 aliphatic rings. The molecule has 1 saturated carbocycles. The topological polar surface area (TPSA) is 51.2 Å². The third kappa shape index (κ3) is 3.67. The molecule has 0 spiro atoms. The highest BCUT2D eigenvalue weighted by molar-refractivity contribution is 5.83. The molecule has 0 aromatic carbocycles. The number of hydrogen-bond donors (Lipinski definition) is 1. The molecule has 2 rings (SSSR count). The van der Waals surface area contributed by atoms with Gasteiger partial charge < -0.3 is 10.1 Å². The van der Waals surface area contributed by atoms with Crippen LogP contribution in [0.15, 0.2) is 30.0 Å². The molecule has 22 heavy (non-hydrogen) atoms. The number of methoxy groups -OCH3 is 1. The molecule has 1 amide bonds. The van der Waals surface area contributed by atoms with Gasteiger partial charge in [0, 0.05) is 18.8 Å². The average molecular weight is 302 g/mol. The van der Waals surface area contributed by atoms with E-state index < -0.39 is 0 Å². The van der Waals surface area contributed by atoms with Gasteiger partial charge in [0.25, 0.3) is 0 Å². The van der Waals surface area contributed by atoms with Crippen molar-refractivity contribution >= 4 is 5.91 Å². The molecular formula is C18H26N2O2. The normalized spacial score (nSPS) is 21.9. The summed E-state index contributed by atoms with van der Waals surface area (Å²) in [5.41, 5.74) is 2.44. The number of carbonyl (C=O) groups is 1. The fourth-order valence-corrected chi connectivity index (χ4v) is 2.97. The second kappa shape index (κ2) is 6.51. The first-order chi connectivity index (χ1) is 10.4. The molecule has 0 bridgehead atoms. The number of allylic oxidation sites excluding steroid dienone is 2. The van der Waals surface area contributed by atoms with E-state index in [4.69, 9.17) is 4.74 Å². The number of amides is 1. The summed E-state index contributed by atoms with van der Waals surface area (Å²) in [6.45, 7) is 9.13. The van der Waals surface area contributed by atoms with Crippen molar-refractivity contribution in [3.05, 3.63) is 35.5 Å². The Morgan fingerprint density at radius 2 is 2.14 bits per heavy atom. The van der Waals surface area contributed by atoms with Crippen LogP contribution in [-0.4, -0.2) is 24.5 Å². The summed E-state index contributed by atoms with van der Waals surface area (Å²) in [7, 11) is 1.60. The maximum absolute atomic E-state index is 12.3. The van der Waals surface area contributed by atoms with Crippen molar-refractivity contribution in [1.82, 2.24) is 10.3 Å². The molecule has 1 aromatic heterocycles. The molecule has 4 nitrogen and oxygen atoms in total. The first-order valence-corrected chi connectivity index (χ1v) is 7.78. The molecule has 1 aliphatic carbocycles. The van der Waals surface area contributed by atoms with Crippen LogP contribution in [0.25, 0.3) is 0 Å². The van der Waals surface area contributed by atoms with Gasteiger partial charge in [0.15, 0.2) is 0 Å². The summed E-state index contributed by atoms with van der Waals surface area (Å²) >= 11 is 0. The van der Waals surface area contributed by atoms with E-state index in [1.54, 1.807) is 13.3 Å². The van der Waals surface area contributed by atoms with Crippen LogP contribution in [0.2, 0.25) is 0 Å². The van der Waals surface area contributed by atoms with E-state index in [-0.39, 0.29) is 17.2 Å². The number of nitrogens with one attached hydrogen (secondary N) is 1. The number of hydrogen-bond acceptors (Lipinski definition) is 3. The van der Waals surface area contributed by atoms with E-state index in [2.05, 4.69) is 44.1 Å². The van der Waals surface area contributed by atoms with E-state index in [0.29, 0.717) is 18.3 Å². The minimum Gasteiger partial charge on any atom is -0.481 e. The van der Waals surface area contributed by atoms with Gasteiger partial charge in [0.05, 0.1) is 13.0 Å². The van der Waals surface area contributed by atoms with Crippen LogP contribution in [0, 0.1) is 17.3 Å². The maximum Gasteiger partial charge on any atom is 0.224 e. The Labute approximate surface area is 133 Å². The minimum atomic E-state index is 0.0724. The number of carbonyl (C=O) groups excluding carboxylic acids is 1. The van der Waals surface area contributed by atoms with Crippen molar-refractivity contribution in [2.75, 3.05) is 13.7 Å². The van der Waals surface area contributed by atoms with Gasteiger partial charge in [0.1, 0.15) is 0 Å². The van der Waals surface area contributed by atoms with Gasteiger partial charge in [-0.1, -0.05) is 31.6 Å². The monoisotopic (exact) mass is 302 g/mol. The zero-order chi connectivity index (χ0) is 16.3. The lowest BCUT2D eigenvalue weighted by Crippen LogP contribution is -2.28. The lowest BCUT2D eigenvalue weighted by molar-refractivity contribution is -0.123. The number of nitrogens with zero attached hydrogens (tertiary/aromatic N) is 1. The summed E-state index contributed by atoms with van der Waals surface area (Å²) in [6.07, 6.45) is 4.79. The first-order valence-electron chi connectivity index (χ1n) is 7.78. The van der Waals surface area contributed by atoms with Crippen molar-refractivity contribution < 1.29 is 9.53 Å². The lowest BCUT2D eigenvalue weighted by atomic mass is 10.1. The predicted octanol–water partition coefficient (Wildman–Crippen LogP) is 2.99. The lowest BCUT2D eigenvalue weighted by Gasteiger charge is -2.06. The smallest absolute Gasteiger partial charge is 0.224 e. The number of aromatic nitrogens is 1. The van der Waals surface area contributed by atoms with E-state index in [9.17, 15) is 4.79 Å². The summed E-state index contributed by atoms with van der Waals surface area (Å²) in [4.78, 5) is 16.5. The van der Waals surface area contributed by atoms with Gasteiger partial charge in [0.2, 0.25) is 11.8 Å². The maximum atomic E-state index is 12.3. The van der Waals surface area contributed by atoms with Crippen molar-refractivity contribution in [2.45, 2.75) is 34.1 Å². The molecule has 2 unspecified atom stereocenters. The zero-order valence-electron chi connectivity index (χ0n) is 14.1. The molecule has 0 radical (unpaired) electrons. The molecule has 0 saturated heterocycles. The Kier molecular flexibility index (Phi) is 4.89. The Hall–Kier alpha value is -1.84. The zero-order valence-corrected chi connectivity index (χ0v) is 14.1. The molecule has 1 heterocycles. The molecule has 120 valence electrons. The number of ether oxygens (including phenoxy) is 1. The van der Waals surface area contributed by atoms with Crippen LogP contribution >= 0.6 is 0 Å². The van der Waals surface area contributed by atoms with Crippen molar-refractivity contribution in [1.29, 1.82) is 0 Å². The SMILES string of the molecule is COc1ccc(CCNC(=O)C2C(C=C(C)C)C2(C)C)cn1. The highest BCUT2D eigenvalue weighted by Crippen LogP contribution is 2.59. The largest absolute Gasteiger partial charge is 0.481 e. The van der Waals surface area contributed by atoms with Crippen LogP contribution in [0.3, 0.4) is 0 Å². The third-order valence-corrected chi connectivity index (χ3v) is 4.43. The highest BCUT2D eigenvalue weighted by atomic mass is 16.5. The quantitative estimate of drug-likeness (QED) is 0.822. The van der Waals surface area contributed by atoms with Gasteiger partial charge in [-0.2, -0.15) is 0 Å². The van der Waals surface area contributed by atoms with Crippen LogP contribution in [0.5, 0.6) is 5.88 Å². The Morgan fingerprint density at radius 3 is 2.68 bits per heavy atom. The second-order valence-corrected chi connectivity index (χ2v) is 6.82. The number of pyridine rings is 1. The van der Waals surface area contributed by atoms with Crippen LogP contribution in [-0.2, 0) is 11.2 Å². The third-order valence-electron chi connectivity index (χ3n) is 4.43. The fourth-order valence-electron chi connectivity index (χ4n) is 2.97. The van der Waals surface area contributed by atoms with Gasteiger partial charge in [-0.05, 0) is 37.2 Å². The summed E-state index contributed by atoms with van der Waals surface area (Å²) in [5.74, 6) is 1.22. The Balaban J connectivity index is 1.82. The molecule has 1 aromatic rings. The Bertz CT molecular complexity index is 557. The molecule has 1 N–H and O–H groups in total. The fraction of sp³-hybridized carbons (Fsp3) is 0.556. The molecular weight excluding hydrogens is 276 g/mol. The average Bonchev–Trinajstić information content (AvgIpc) is 2.99. The van der Waals surface area contributed by atoms with E-state index in [1.807, 2.05) is 12.1 Å². The minimum absolute atomic E-state index is 0.0724. The molecule has 1 fully saturated rings. The van der Waals surface area contributed by atoms with Gasteiger partial charge in [-0.25, -0.2) is 4.98 Å². The molecule has 4 heteroatoms. The van der Waals surface area contributed by atoms with E-state index >= 15 is 0 Å². The summed E-state index contributed by atoms with van der Waals surface area (Å²) < 4.78 is 5.03. The highest BCUT2D eigenvalue weighted by Gasteiger charge is 2.60. The van der Waals surface area contributed by atoms with Crippen LogP contribution < -0.4 is 10.1 Å². The Morgan fingerprint density at radius 1 is 1.41 bits per heavy atom. The second-order valence-electron chi connectivity index (χ2n) is 6.82.